The Morgan fingerprint density at radius 2 is 0.933 bits per heavy atom. The van der Waals surface area contributed by atoms with Gasteiger partial charge >= 0.3 is 23.9 Å². The van der Waals surface area contributed by atoms with Crippen molar-refractivity contribution in [2.24, 2.45) is 10.2 Å². The van der Waals surface area contributed by atoms with E-state index in [0.29, 0.717) is 16.7 Å². The van der Waals surface area contributed by atoms with Crippen molar-refractivity contribution in [3.8, 4) is 0 Å². The molecule has 89 heavy (non-hydrogen) atoms. The van der Waals surface area contributed by atoms with E-state index in [2.05, 4.69) is 20.1 Å². The Kier molecular flexibility index (Phi) is 22.8. The molecule has 6 aromatic carbocycles. The molecule has 3 fully saturated rings. The number of aliphatic hydroxyl groups is 1. The molecular formula is C64H62N6O19. The average Bonchev–Trinajstić information content (AvgIpc) is 1.15. The summed E-state index contributed by atoms with van der Waals surface area (Å²) in [6, 6.07) is 46.3. The van der Waals surface area contributed by atoms with Crippen LogP contribution in [0.2, 0.25) is 0 Å². The first-order valence-corrected chi connectivity index (χ1v) is 28.2. The lowest BCUT2D eigenvalue weighted by atomic mass is 9.92. The Labute approximate surface area is 509 Å². The third-order valence-corrected chi connectivity index (χ3v) is 14.7. The van der Waals surface area contributed by atoms with E-state index in [-0.39, 0.29) is 36.5 Å². The summed E-state index contributed by atoms with van der Waals surface area (Å²) in [4.78, 5) is 88.9. The lowest BCUT2D eigenvalue weighted by Gasteiger charge is -2.50. The second kappa shape index (κ2) is 31.6. The molecule has 3 heterocycles. The molecule has 0 aliphatic carbocycles. The summed E-state index contributed by atoms with van der Waals surface area (Å²) in [5.74, 6) is -6.71. The second-order valence-corrected chi connectivity index (χ2v) is 20.6. The molecule has 3 aliphatic heterocycles. The molecule has 3 aliphatic rings. The fourth-order valence-corrected chi connectivity index (χ4v) is 10.3. The standard InChI is InChI=1S/C64H62N6O19/c1-38-47(67-69-65)54(86-61(76)50(72)43-29-17-7-18-30-43)52(46(84-38)37-82-59(74)44-31-19-8-20-32-44)87-64-58(81-35-41-25-13-5-14-26-41)55(80-34-40-23-11-4-12-24-40)56(57(89-64)62(77)78-2)88-63-48(68-70-66)53(79-33-39-21-9-3-10-22-39)51(73)45(85-63)36-83-60(75)49(71)42-27-15-6-16-28-42/h3-32,38,45-48,51-58,63-64,73H,33-37H2,1-2H3/t38-,45?,46?,47?,48?,51-,52?,53?,54?,55?,56?,57?,58?,63+,64?/m1/s1. The van der Waals surface area contributed by atoms with Gasteiger partial charge in [0.05, 0.1) is 44.7 Å². The van der Waals surface area contributed by atoms with Crippen LogP contribution in [0.4, 0.5) is 0 Å². The largest absolute Gasteiger partial charge is 0.467 e. The smallest absolute Gasteiger partial charge is 0.380 e. The number of methoxy groups -OCH3 is 1. The Bertz CT molecular complexity index is 3420. The van der Waals surface area contributed by atoms with Crippen molar-refractivity contribution >= 4 is 35.4 Å². The minimum atomic E-state index is -1.97. The zero-order valence-corrected chi connectivity index (χ0v) is 48.0. The van der Waals surface area contributed by atoms with Crippen LogP contribution in [-0.2, 0) is 91.0 Å². The molecule has 6 aromatic rings. The van der Waals surface area contributed by atoms with E-state index in [4.69, 9.17) is 56.8 Å². The summed E-state index contributed by atoms with van der Waals surface area (Å²) in [7, 11) is 1.05. The van der Waals surface area contributed by atoms with E-state index in [1.165, 1.54) is 55.5 Å². The van der Waals surface area contributed by atoms with Crippen molar-refractivity contribution in [1.82, 2.24) is 0 Å². The van der Waals surface area contributed by atoms with E-state index in [1.807, 2.05) is 0 Å². The lowest BCUT2D eigenvalue weighted by molar-refractivity contribution is -0.366. The van der Waals surface area contributed by atoms with E-state index >= 15 is 0 Å². The molecule has 0 bridgehead atoms. The first kappa shape index (κ1) is 64.3. The molecule has 0 saturated carbocycles. The first-order valence-electron chi connectivity index (χ1n) is 28.2. The SMILES string of the molecule is COC(=O)C1OC(OC2C(COC(=O)c3ccccc3)O[C@H](C)C(N=[N+]=[N-])C2OC(=O)C(=O)c2ccccc2)C(OCc2ccccc2)C(OCc2ccccc2)C1O[C@@H]1OC(COC(=O)C(=O)c2ccccc2)[C@@H](O)C(OCc2ccccc2)C1N=[N+]=[N-]. The predicted octanol–water partition coefficient (Wildman–Crippen LogP) is 7.72. The number of azide groups is 2. The highest BCUT2D eigenvalue weighted by Gasteiger charge is 2.58. The maximum absolute atomic E-state index is 14.6. The molecule has 0 aromatic heterocycles. The third kappa shape index (κ3) is 16.5. The number of benzene rings is 6. The molecule has 462 valence electrons. The van der Waals surface area contributed by atoms with Crippen LogP contribution in [0.25, 0.3) is 20.9 Å². The predicted molar refractivity (Wildman–Crippen MR) is 309 cm³/mol. The third-order valence-electron chi connectivity index (χ3n) is 14.7. The van der Waals surface area contributed by atoms with Crippen LogP contribution in [-0.4, -0.2) is 153 Å². The van der Waals surface area contributed by atoms with Gasteiger partial charge in [-0.2, -0.15) is 0 Å². The van der Waals surface area contributed by atoms with Gasteiger partial charge in [0.2, 0.25) is 0 Å². The molecule has 25 nitrogen and oxygen atoms in total. The van der Waals surface area contributed by atoms with Crippen molar-refractivity contribution in [3.05, 3.63) is 236 Å². The fourth-order valence-electron chi connectivity index (χ4n) is 10.3. The van der Waals surface area contributed by atoms with Crippen LogP contribution in [0.1, 0.15) is 54.7 Å². The normalized spacial score (nSPS) is 26.4. The highest BCUT2D eigenvalue weighted by molar-refractivity contribution is 6.41. The number of ether oxygens (including phenoxy) is 12. The number of nitrogens with zero attached hydrogens (tertiary/aromatic N) is 6. The maximum atomic E-state index is 14.6. The van der Waals surface area contributed by atoms with Gasteiger partial charge < -0.3 is 61.9 Å². The van der Waals surface area contributed by atoms with E-state index in [0.717, 1.165) is 7.11 Å². The summed E-state index contributed by atoms with van der Waals surface area (Å²) in [6.45, 7) is -0.544. The summed E-state index contributed by atoms with van der Waals surface area (Å²) < 4.78 is 76.0. The number of carbonyl (C=O) groups excluding carboxylic acids is 6. The second-order valence-electron chi connectivity index (χ2n) is 20.6. The molecule has 12 unspecified atom stereocenters. The Morgan fingerprint density at radius 1 is 0.483 bits per heavy atom. The van der Waals surface area contributed by atoms with Crippen LogP contribution in [0.5, 0.6) is 0 Å². The minimum absolute atomic E-state index is 0.0214. The lowest BCUT2D eigenvalue weighted by Crippen LogP contribution is -2.68. The zero-order valence-electron chi connectivity index (χ0n) is 48.0. The Morgan fingerprint density at radius 3 is 1.45 bits per heavy atom. The quantitative estimate of drug-likeness (QED) is 0.0103. The van der Waals surface area contributed by atoms with Crippen molar-refractivity contribution in [3.63, 3.8) is 0 Å². The molecule has 0 amide bonds. The number of hydrogen-bond donors (Lipinski definition) is 1. The fraction of sp³-hybridized carbons (Fsp3) is 0.344. The Hall–Kier alpha value is -9.20. The summed E-state index contributed by atoms with van der Waals surface area (Å²) >= 11 is 0. The first-order chi connectivity index (χ1) is 43.3. The van der Waals surface area contributed by atoms with Crippen LogP contribution in [0, 0.1) is 0 Å². The average molecular weight is 1220 g/mol. The van der Waals surface area contributed by atoms with Gasteiger partial charge in [0.25, 0.3) is 11.6 Å². The monoisotopic (exact) mass is 1220 g/mol. The van der Waals surface area contributed by atoms with E-state index < -0.39 is 140 Å². The van der Waals surface area contributed by atoms with Crippen molar-refractivity contribution in [2.75, 3.05) is 20.3 Å². The number of Topliss-reactive ketones (excluding diaryl/α,β-unsaturated/α-hetero) is 2. The van der Waals surface area contributed by atoms with Gasteiger partial charge in [0.15, 0.2) is 18.7 Å². The number of ketones is 2. The number of rotatable bonds is 26. The summed E-state index contributed by atoms with van der Waals surface area (Å²) in [5, 5.41) is 20.0. The van der Waals surface area contributed by atoms with Crippen molar-refractivity contribution < 1.29 is 90.7 Å². The van der Waals surface area contributed by atoms with Gasteiger partial charge in [-0.05, 0) is 46.8 Å². The van der Waals surface area contributed by atoms with E-state index in [1.54, 1.807) is 133 Å². The molecule has 0 radical (unpaired) electrons. The molecule has 3 saturated heterocycles. The van der Waals surface area contributed by atoms with Crippen molar-refractivity contribution in [1.29, 1.82) is 0 Å². The molecular weight excluding hydrogens is 1160 g/mol. The van der Waals surface area contributed by atoms with Crippen LogP contribution < -0.4 is 0 Å². The van der Waals surface area contributed by atoms with Gasteiger partial charge in [-0.15, -0.1) is 0 Å². The maximum Gasteiger partial charge on any atom is 0.380 e. The number of carbonyl (C=O) groups is 6. The van der Waals surface area contributed by atoms with E-state index in [9.17, 15) is 44.9 Å². The van der Waals surface area contributed by atoms with Crippen LogP contribution in [0.3, 0.4) is 0 Å². The van der Waals surface area contributed by atoms with Crippen LogP contribution >= 0.6 is 0 Å². The number of hydrogen-bond acceptors (Lipinski definition) is 21. The molecule has 9 rings (SSSR count). The van der Waals surface area contributed by atoms with Gasteiger partial charge in [-0.3, -0.25) is 9.59 Å². The molecule has 1 N–H and O–H groups in total. The van der Waals surface area contributed by atoms with Gasteiger partial charge in [0, 0.05) is 21.0 Å². The highest BCUT2D eigenvalue weighted by Crippen LogP contribution is 2.39. The van der Waals surface area contributed by atoms with Gasteiger partial charge in [0.1, 0.15) is 74.1 Å². The highest BCUT2D eigenvalue weighted by atomic mass is 16.8. The number of esters is 4. The zero-order chi connectivity index (χ0) is 62.7. The minimum Gasteiger partial charge on any atom is -0.467 e. The summed E-state index contributed by atoms with van der Waals surface area (Å²) in [5.41, 5.74) is 22.2. The molecule has 0 spiro atoms. The molecule has 15 atom stereocenters. The molecule has 25 heteroatoms. The van der Waals surface area contributed by atoms with Crippen LogP contribution in [0.15, 0.2) is 192 Å². The van der Waals surface area contributed by atoms with Gasteiger partial charge in [-0.1, -0.05) is 180 Å². The topological polar surface area (TPSA) is 331 Å². The summed E-state index contributed by atoms with van der Waals surface area (Å²) in [6.07, 6.45) is -21.7. The van der Waals surface area contributed by atoms with Crippen molar-refractivity contribution in [2.45, 2.75) is 119 Å². The van der Waals surface area contributed by atoms with Gasteiger partial charge in [-0.25, -0.2) is 19.2 Å². The number of aliphatic hydroxyl groups excluding tert-OH is 1. The Balaban J connectivity index is 1.14.